The van der Waals surface area contributed by atoms with E-state index in [1.165, 1.54) is 12.1 Å². The van der Waals surface area contributed by atoms with Crippen molar-refractivity contribution in [2.75, 3.05) is 0 Å². The number of hydrogen-bond donors (Lipinski definition) is 0. The molecule has 0 fully saturated rings. The second kappa shape index (κ2) is 6.68. The monoisotopic (exact) mass is 273 g/mol. The molecule has 0 N–H and O–H groups in total. The van der Waals surface area contributed by atoms with Gasteiger partial charge in [-0.15, -0.1) is 0 Å². The Kier molecular flexibility index (Phi) is 5.85. The van der Waals surface area contributed by atoms with Crippen LogP contribution >= 0.6 is 0 Å². The van der Waals surface area contributed by atoms with Gasteiger partial charge in [0.2, 0.25) is 0 Å². The molecule has 0 aliphatic heterocycles. The molecule has 2 rings (SSSR count). The van der Waals surface area contributed by atoms with Crippen molar-refractivity contribution in [2.45, 2.75) is 4.90 Å². The van der Waals surface area contributed by atoms with Crippen molar-refractivity contribution >= 4 is 61.5 Å². The molecule has 2 aromatic rings. The molecule has 0 saturated carbocycles. The Balaban J connectivity index is 0.00000144. The van der Waals surface area contributed by atoms with Gasteiger partial charge < -0.3 is 4.18 Å². The van der Waals surface area contributed by atoms with Crippen molar-refractivity contribution in [3.8, 4) is 5.75 Å². The molecule has 0 aliphatic carbocycles. The van der Waals surface area contributed by atoms with Crippen LogP contribution in [0.4, 0.5) is 0 Å². The summed E-state index contributed by atoms with van der Waals surface area (Å²) in [5, 5.41) is 0. The van der Waals surface area contributed by atoms with Crippen LogP contribution in [-0.4, -0.2) is 59.8 Å². The minimum atomic E-state index is -3.71. The van der Waals surface area contributed by atoms with E-state index in [4.69, 9.17) is 4.18 Å². The zero-order valence-electron chi connectivity index (χ0n) is 9.41. The van der Waals surface area contributed by atoms with E-state index in [1.807, 2.05) is 0 Å². The van der Waals surface area contributed by atoms with Crippen molar-refractivity contribution in [1.82, 2.24) is 0 Å². The van der Waals surface area contributed by atoms with Crippen molar-refractivity contribution in [3.63, 3.8) is 0 Å². The van der Waals surface area contributed by atoms with Crippen LogP contribution in [-0.2, 0) is 10.1 Å². The minimum Gasteiger partial charge on any atom is -0.379 e. The number of rotatable bonds is 3. The molecule has 0 bridgehead atoms. The van der Waals surface area contributed by atoms with Crippen molar-refractivity contribution in [1.29, 1.82) is 0 Å². The Morgan fingerprint density at radius 1 is 0.765 bits per heavy atom. The standard InChI is InChI=1S/C12H10O3S.K/c13-16(14,12-9-5-2-6-10-12)15-11-7-3-1-4-8-11;/h1-10H;. The third-order valence-electron chi connectivity index (χ3n) is 1.98. The summed E-state index contributed by atoms with van der Waals surface area (Å²) in [6.07, 6.45) is 0. The molecule has 3 nitrogen and oxygen atoms in total. The quantitative estimate of drug-likeness (QED) is 0.635. The van der Waals surface area contributed by atoms with E-state index in [1.54, 1.807) is 48.5 Å². The molecule has 2 aromatic carbocycles. The molecule has 0 aliphatic rings. The molecule has 0 heterocycles. The van der Waals surface area contributed by atoms with E-state index in [2.05, 4.69) is 0 Å². The van der Waals surface area contributed by atoms with Crippen LogP contribution in [0.15, 0.2) is 65.6 Å². The van der Waals surface area contributed by atoms with Gasteiger partial charge in [-0.3, -0.25) is 0 Å². The molecule has 83 valence electrons. The summed E-state index contributed by atoms with van der Waals surface area (Å²) < 4.78 is 28.5. The van der Waals surface area contributed by atoms with Crippen LogP contribution in [0.2, 0.25) is 0 Å². The molecule has 1 radical (unpaired) electrons. The van der Waals surface area contributed by atoms with Crippen LogP contribution < -0.4 is 4.18 Å². The number of benzene rings is 2. The average molecular weight is 273 g/mol. The van der Waals surface area contributed by atoms with E-state index in [0.717, 1.165) is 0 Å². The molecule has 0 unspecified atom stereocenters. The smallest absolute Gasteiger partial charge is 0.339 e. The summed E-state index contributed by atoms with van der Waals surface area (Å²) in [5.41, 5.74) is 0. The molecular formula is C12H10KO3S. The van der Waals surface area contributed by atoms with Crippen LogP contribution in [0.1, 0.15) is 0 Å². The zero-order valence-corrected chi connectivity index (χ0v) is 13.3. The fourth-order valence-corrected chi connectivity index (χ4v) is 2.19. The summed E-state index contributed by atoms with van der Waals surface area (Å²) >= 11 is 0. The van der Waals surface area contributed by atoms with Gasteiger partial charge in [0.15, 0.2) is 0 Å². The first-order valence-corrected chi connectivity index (χ1v) is 6.14. The maximum absolute atomic E-state index is 11.8. The normalized spacial score (nSPS) is 10.4. The molecule has 0 atom stereocenters. The average Bonchev–Trinajstić information content (AvgIpc) is 2.31. The Labute approximate surface area is 143 Å². The van der Waals surface area contributed by atoms with Crippen molar-refractivity contribution < 1.29 is 12.6 Å². The first-order valence-electron chi connectivity index (χ1n) is 4.73. The molecule has 5 heteroatoms. The van der Waals surface area contributed by atoms with E-state index < -0.39 is 10.1 Å². The van der Waals surface area contributed by atoms with Gasteiger partial charge in [0.05, 0.1) is 0 Å². The largest absolute Gasteiger partial charge is 0.379 e. The third-order valence-corrected chi connectivity index (χ3v) is 3.24. The van der Waals surface area contributed by atoms with Crippen LogP contribution in [0.5, 0.6) is 5.75 Å². The first kappa shape index (κ1) is 14.9. The topological polar surface area (TPSA) is 43.4 Å². The Bertz CT molecular complexity index is 553. The predicted molar refractivity (Wildman–Crippen MR) is 66.5 cm³/mol. The first-order chi connectivity index (χ1) is 7.68. The Morgan fingerprint density at radius 2 is 1.24 bits per heavy atom. The summed E-state index contributed by atoms with van der Waals surface area (Å²) in [6.45, 7) is 0. The van der Waals surface area contributed by atoms with Gasteiger partial charge in [-0.1, -0.05) is 36.4 Å². The van der Waals surface area contributed by atoms with Crippen LogP contribution in [0.25, 0.3) is 0 Å². The van der Waals surface area contributed by atoms with E-state index >= 15 is 0 Å². The second-order valence-corrected chi connectivity index (χ2v) is 4.71. The summed E-state index contributed by atoms with van der Waals surface area (Å²) in [6, 6.07) is 16.5. The maximum atomic E-state index is 11.8. The Morgan fingerprint density at radius 3 is 1.76 bits per heavy atom. The van der Waals surface area contributed by atoms with Crippen molar-refractivity contribution in [2.24, 2.45) is 0 Å². The third kappa shape index (κ3) is 4.20. The van der Waals surface area contributed by atoms with E-state index in [0.29, 0.717) is 5.75 Å². The number of para-hydroxylation sites is 1. The fourth-order valence-electron chi connectivity index (χ4n) is 1.24. The Hall–Kier alpha value is -0.174. The predicted octanol–water partition coefficient (Wildman–Crippen LogP) is 2.07. The van der Waals surface area contributed by atoms with Gasteiger partial charge in [-0.05, 0) is 24.3 Å². The summed E-state index contributed by atoms with van der Waals surface area (Å²) in [4.78, 5) is 0.152. The van der Waals surface area contributed by atoms with Gasteiger partial charge in [0.1, 0.15) is 10.6 Å². The maximum Gasteiger partial charge on any atom is 0.339 e. The molecule has 17 heavy (non-hydrogen) atoms. The van der Waals surface area contributed by atoms with Gasteiger partial charge in [0.25, 0.3) is 0 Å². The van der Waals surface area contributed by atoms with Gasteiger partial charge in [0, 0.05) is 51.4 Å². The SMILES string of the molecule is O=S(=O)(Oc1ccccc1)c1ccccc1.[K]. The molecule has 0 aromatic heterocycles. The summed E-state index contributed by atoms with van der Waals surface area (Å²) in [5.74, 6) is 0.311. The summed E-state index contributed by atoms with van der Waals surface area (Å²) in [7, 11) is -3.71. The number of hydrogen-bond acceptors (Lipinski definition) is 3. The van der Waals surface area contributed by atoms with Crippen LogP contribution in [0.3, 0.4) is 0 Å². The molecule has 0 amide bonds. The molecule has 0 spiro atoms. The molecular weight excluding hydrogens is 263 g/mol. The van der Waals surface area contributed by atoms with E-state index in [9.17, 15) is 8.42 Å². The molecule has 0 saturated heterocycles. The van der Waals surface area contributed by atoms with Gasteiger partial charge in [-0.2, -0.15) is 8.42 Å². The fraction of sp³-hybridized carbons (Fsp3) is 0. The van der Waals surface area contributed by atoms with Crippen molar-refractivity contribution in [3.05, 3.63) is 60.7 Å². The van der Waals surface area contributed by atoms with Gasteiger partial charge >= 0.3 is 10.1 Å². The minimum absolute atomic E-state index is 0. The van der Waals surface area contributed by atoms with Crippen LogP contribution in [0, 0.1) is 0 Å². The second-order valence-electron chi connectivity index (χ2n) is 3.16. The van der Waals surface area contributed by atoms with E-state index in [-0.39, 0.29) is 56.3 Å². The zero-order chi connectivity index (χ0) is 11.4. The van der Waals surface area contributed by atoms with Gasteiger partial charge in [-0.25, -0.2) is 0 Å².